The van der Waals surface area contributed by atoms with E-state index in [0.717, 1.165) is 17.6 Å². The molecular formula is C14H15BrN2. The van der Waals surface area contributed by atoms with Gasteiger partial charge < -0.3 is 5.43 Å². The summed E-state index contributed by atoms with van der Waals surface area (Å²) in [6.07, 6.45) is 0. The van der Waals surface area contributed by atoms with E-state index < -0.39 is 0 Å². The lowest BCUT2D eigenvalue weighted by molar-refractivity contribution is 0.796. The van der Waals surface area contributed by atoms with Crippen LogP contribution in [0.15, 0.2) is 54.6 Å². The van der Waals surface area contributed by atoms with E-state index in [2.05, 4.69) is 51.0 Å². The van der Waals surface area contributed by atoms with Gasteiger partial charge >= 0.3 is 0 Å². The fourth-order valence-corrected chi connectivity index (χ4v) is 2.17. The molecule has 0 unspecified atom stereocenters. The van der Waals surface area contributed by atoms with Crippen molar-refractivity contribution in [1.29, 1.82) is 0 Å². The third-order valence-corrected chi connectivity index (χ3v) is 3.15. The summed E-state index contributed by atoms with van der Waals surface area (Å²) in [5.74, 6) is 0. The summed E-state index contributed by atoms with van der Waals surface area (Å²) in [6.45, 7) is 0.802. The first-order valence-corrected chi connectivity index (χ1v) is 6.69. The molecule has 2 nitrogen and oxygen atoms in total. The average molecular weight is 291 g/mol. The smallest absolute Gasteiger partial charge is 0.0487 e. The third-order valence-electron chi connectivity index (χ3n) is 2.55. The van der Waals surface area contributed by atoms with Crippen LogP contribution < -0.4 is 10.9 Å². The third kappa shape index (κ3) is 3.58. The molecule has 2 aromatic carbocycles. The Morgan fingerprint density at radius 1 is 0.824 bits per heavy atom. The molecule has 0 spiro atoms. The molecule has 0 bridgehead atoms. The average Bonchev–Trinajstić information content (AvgIpc) is 2.40. The lowest BCUT2D eigenvalue weighted by Gasteiger charge is -2.10. The van der Waals surface area contributed by atoms with Gasteiger partial charge in [0.05, 0.1) is 0 Å². The van der Waals surface area contributed by atoms with E-state index in [9.17, 15) is 0 Å². The lowest BCUT2D eigenvalue weighted by Crippen LogP contribution is -2.21. The molecule has 0 saturated carbocycles. The predicted octanol–water partition coefficient (Wildman–Crippen LogP) is 3.70. The van der Waals surface area contributed by atoms with Crippen LogP contribution in [0, 0.1) is 0 Å². The molecular weight excluding hydrogens is 276 g/mol. The predicted molar refractivity (Wildman–Crippen MR) is 76.0 cm³/mol. The SMILES string of the molecule is BrCc1ccccc1CNNc1ccccc1. The fraction of sp³-hybridized carbons (Fsp3) is 0.143. The number of hydrazine groups is 1. The van der Waals surface area contributed by atoms with Crippen LogP contribution in [0.4, 0.5) is 5.69 Å². The number of benzene rings is 2. The summed E-state index contributed by atoms with van der Waals surface area (Å²) in [5.41, 5.74) is 10.1. The Kier molecular flexibility index (Phi) is 4.59. The zero-order chi connectivity index (χ0) is 11.9. The van der Waals surface area contributed by atoms with Crippen LogP contribution >= 0.6 is 15.9 Å². The van der Waals surface area contributed by atoms with Gasteiger partial charge in [-0.05, 0) is 23.3 Å². The molecule has 0 atom stereocenters. The van der Waals surface area contributed by atoms with Crippen LogP contribution in [-0.4, -0.2) is 0 Å². The first kappa shape index (κ1) is 12.1. The molecule has 0 heterocycles. The number of hydrogen-bond donors (Lipinski definition) is 2. The monoisotopic (exact) mass is 290 g/mol. The molecule has 0 aromatic heterocycles. The summed E-state index contributed by atoms with van der Waals surface area (Å²) in [5, 5.41) is 0.885. The number of anilines is 1. The van der Waals surface area contributed by atoms with E-state index in [0.29, 0.717) is 0 Å². The second kappa shape index (κ2) is 6.42. The highest BCUT2D eigenvalue weighted by Gasteiger charge is 1.99. The number of alkyl halides is 1. The number of halogens is 1. The lowest BCUT2D eigenvalue weighted by atomic mass is 10.1. The van der Waals surface area contributed by atoms with Crippen molar-refractivity contribution in [2.75, 3.05) is 5.43 Å². The molecule has 88 valence electrons. The summed E-state index contributed by atoms with van der Waals surface area (Å²) in [7, 11) is 0. The standard InChI is InChI=1S/C14H15BrN2/c15-10-12-6-4-5-7-13(12)11-16-17-14-8-2-1-3-9-14/h1-9,16-17H,10-11H2. The molecule has 17 heavy (non-hydrogen) atoms. The molecule has 0 radical (unpaired) electrons. The van der Waals surface area contributed by atoms with Crippen molar-refractivity contribution in [2.24, 2.45) is 0 Å². The van der Waals surface area contributed by atoms with E-state index >= 15 is 0 Å². The van der Waals surface area contributed by atoms with Crippen LogP contribution in [0.1, 0.15) is 11.1 Å². The van der Waals surface area contributed by atoms with Crippen molar-refractivity contribution in [1.82, 2.24) is 5.43 Å². The van der Waals surface area contributed by atoms with Gasteiger partial charge in [0, 0.05) is 17.6 Å². The Hall–Kier alpha value is -1.32. The van der Waals surface area contributed by atoms with E-state index in [1.807, 2.05) is 30.3 Å². The van der Waals surface area contributed by atoms with Crippen LogP contribution in [0.25, 0.3) is 0 Å². The molecule has 2 aromatic rings. The van der Waals surface area contributed by atoms with Crippen LogP contribution in [-0.2, 0) is 11.9 Å². The molecule has 0 amide bonds. The van der Waals surface area contributed by atoms with Crippen molar-refractivity contribution in [2.45, 2.75) is 11.9 Å². The highest BCUT2D eigenvalue weighted by atomic mass is 79.9. The van der Waals surface area contributed by atoms with Crippen molar-refractivity contribution in [3.63, 3.8) is 0 Å². The van der Waals surface area contributed by atoms with Gasteiger partial charge in [0.25, 0.3) is 0 Å². The van der Waals surface area contributed by atoms with E-state index in [-0.39, 0.29) is 0 Å². The minimum absolute atomic E-state index is 0.802. The molecule has 2 rings (SSSR count). The van der Waals surface area contributed by atoms with Crippen molar-refractivity contribution >= 4 is 21.6 Å². The molecule has 2 N–H and O–H groups in total. The Balaban J connectivity index is 1.90. The molecule has 0 aliphatic heterocycles. The minimum atomic E-state index is 0.802. The maximum Gasteiger partial charge on any atom is 0.0487 e. The van der Waals surface area contributed by atoms with Crippen molar-refractivity contribution in [3.8, 4) is 0 Å². The van der Waals surface area contributed by atoms with Gasteiger partial charge in [-0.3, -0.25) is 0 Å². The summed E-state index contributed by atoms with van der Waals surface area (Å²) >= 11 is 3.50. The van der Waals surface area contributed by atoms with Crippen LogP contribution in [0.2, 0.25) is 0 Å². The summed E-state index contributed by atoms with van der Waals surface area (Å²) in [4.78, 5) is 0. The first-order chi connectivity index (χ1) is 8.40. The first-order valence-electron chi connectivity index (χ1n) is 5.57. The van der Waals surface area contributed by atoms with Gasteiger partial charge in [0.1, 0.15) is 0 Å². The Morgan fingerprint density at radius 3 is 2.18 bits per heavy atom. The molecule has 0 saturated heterocycles. The quantitative estimate of drug-likeness (QED) is 0.648. The second-order valence-electron chi connectivity index (χ2n) is 3.75. The Morgan fingerprint density at radius 2 is 1.47 bits per heavy atom. The molecule has 0 aliphatic carbocycles. The molecule has 0 fully saturated rings. The van der Waals surface area contributed by atoms with Gasteiger partial charge in [0.2, 0.25) is 0 Å². The van der Waals surface area contributed by atoms with Gasteiger partial charge in [-0.15, -0.1) is 0 Å². The van der Waals surface area contributed by atoms with Gasteiger partial charge in [-0.1, -0.05) is 58.4 Å². The van der Waals surface area contributed by atoms with Crippen LogP contribution in [0.3, 0.4) is 0 Å². The highest BCUT2D eigenvalue weighted by molar-refractivity contribution is 9.08. The normalized spacial score (nSPS) is 10.2. The number of hydrogen-bond acceptors (Lipinski definition) is 2. The van der Waals surface area contributed by atoms with Gasteiger partial charge in [0.15, 0.2) is 0 Å². The molecule has 0 aliphatic rings. The summed E-state index contributed by atoms with van der Waals surface area (Å²) < 4.78 is 0. The van der Waals surface area contributed by atoms with E-state index in [1.54, 1.807) is 0 Å². The zero-order valence-corrected chi connectivity index (χ0v) is 11.1. The number of nitrogens with one attached hydrogen (secondary N) is 2. The molecule has 3 heteroatoms. The zero-order valence-electron chi connectivity index (χ0n) is 9.49. The fourth-order valence-electron chi connectivity index (χ4n) is 1.62. The number of rotatable bonds is 5. The Labute approximate surface area is 110 Å². The van der Waals surface area contributed by atoms with Crippen molar-refractivity contribution in [3.05, 3.63) is 65.7 Å². The summed E-state index contributed by atoms with van der Waals surface area (Å²) in [6, 6.07) is 18.5. The van der Waals surface area contributed by atoms with Crippen LogP contribution in [0.5, 0.6) is 0 Å². The maximum atomic E-state index is 3.50. The maximum absolute atomic E-state index is 3.50. The van der Waals surface area contributed by atoms with Gasteiger partial charge in [-0.25, -0.2) is 5.43 Å². The Bertz CT molecular complexity index is 457. The number of para-hydroxylation sites is 1. The van der Waals surface area contributed by atoms with Crippen molar-refractivity contribution < 1.29 is 0 Å². The minimum Gasteiger partial charge on any atom is -0.321 e. The van der Waals surface area contributed by atoms with Gasteiger partial charge in [-0.2, -0.15) is 0 Å². The largest absolute Gasteiger partial charge is 0.321 e. The van der Waals surface area contributed by atoms with E-state index in [1.165, 1.54) is 11.1 Å². The van der Waals surface area contributed by atoms with E-state index in [4.69, 9.17) is 0 Å². The topological polar surface area (TPSA) is 24.1 Å². The second-order valence-corrected chi connectivity index (χ2v) is 4.31. The highest BCUT2D eigenvalue weighted by Crippen LogP contribution is 2.12.